The number of fused-ring (bicyclic) bond motifs is 13. The molecule has 3 aromatic heterocycles. The largest absolute Gasteiger partial charge is 0.311 e. The van der Waals surface area contributed by atoms with Crippen LogP contribution in [0.15, 0.2) is 140 Å². The van der Waals surface area contributed by atoms with E-state index in [1.165, 1.54) is 105 Å². The summed E-state index contributed by atoms with van der Waals surface area (Å²) in [5.74, 6) is 0. The summed E-state index contributed by atoms with van der Waals surface area (Å²) in [5.41, 5.74) is 16.9. The summed E-state index contributed by atoms with van der Waals surface area (Å²) in [6.07, 6.45) is 0. The first-order valence-electron chi connectivity index (χ1n) is 17.7. The molecule has 2 aliphatic heterocycles. The normalized spacial score (nSPS) is 13.8. The molecule has 10 aromatic rings. The summed E-state index contributed by atoms with van der Waals surface area (Å²) >= 11 is 0. The van der Waals surface area contributed by atoms with Crippen molar-refractivity contribution < 1.29 is 0 Å². The van der Waals surface area contributed by atoms with Gasteiger partial charge in [-0.25, -0.2) is 0 Å². The minimum absolute atomic E-state index is 0.0437. The molecular weight excluding hydrogens is 605 g/mol. The maximum atomic E-state index is 2.62. The fourth-order valence-electron chi connectivity index (χ4n) is 9.62. The van der Waals surface area contributed by atoms with Gasteiger partial charge in [0, 0.05) is 60.6 Å². The van der Waals surface area contributed by atoms with Crippen molar-refractivity contribution in [1.82, 2.24) is 8.97 Å². The van der Waals surface area contributed by atoms with E-state index in [0.29, 0.717) is 0 Å². The van der Waals surface area contributed by atoms with Crippen LogP contribution in [0.2, 0.25) is 0 Å². The summed E-state index contributed by atoms with van der Waals surface area (Å²) in [7, 11) is 0. The fraction of sp³-hybridized carbons (Fsp3) is 0.0870. The van der Waals surface area contributed by atoms with Gasteiger partial charge in [-0.1, -0.05) is 112 Å². The zero-order chi connectivity index (χ0) is 33.0. The number of para-hydroxylation sites is 5. The highest BCUT2D eigenvalue weighted by Crippen LogP contribution is 2.46. The van der Waals surface area contributed by atoms with Crippen LogP contribution in [0.5, 0.6) is 0 Å². The quantitative estimate of drug-likeness (QED) is 0.163. The second kappa shape index (κ2) is 8.96. The monoisotopic (exact) mass is 637 g/mol. The SMILES string of the molecule is CC(C)(C)c1cc2c3c(c1)-n1c4cc5c(cc4c4cccc(c41)B3c1ccccc1N2c1ccccc1)c1cccc2c3ccccc3n5c21. The number of hydrogen-bond acceptors (Lipinski definition) is 1. The lowest BCUT2D eigenvalue weighted by Gasteiger charge is -2.41. The van der Waals surface area contributed by atoms with E-state index in [2.05, 4.69) is 174 Å². The van der Waals surface area contributed by atoms with E-state index >= 15 is 0 Å². The van der Waals surface area contributed by atoms with E-state index in [9.17, 15) is 0 Å². The Labute approximate surface area is 290 Å². The topological polar surface area (TPSA) is 12.6 Å². The molecule has 0 unspecified atom stereocenters. The Morgan fingerprint density at radius 3 is 1.94 bits per heavy atom. The molecular formula is C46H32BN3. The van der Waals surface area contributed by atoms with Crippen molar-refractivity contribution in [3.05, 3.63) is 145 Å². The Hall–Kier alpha value is -6.00. The van der Waals surface area contributed by atoms with E-state index in [1.54, 1.807) is 0 Å². The predicted molar refractivity (Wildman–Crippen MR) is 213 cm³/mol. The number of hydrogen-bond donors (Lipinski definition) is 0. The number of anilines is 3. The highest BCUT2D eigenvalue weighted by molar-refractivity contribution is 7.00. The van der Waals surface area contributed by atoms with E-state index in [4.69, 9.17) is 0 Å². The average molecular weight is 638 g/mol. The van der Waals surface area contributed by atoms with Gasteiger partial charge >= 0.3 is 0 Å². The molecule has 0 N–H and O–H groups in total. The number of benzene rings is 7. The van der Waals surface area contributed by atoms with Gasteiger partial charge in [-0.15, -0.1) is 0 Å². The summed E-state index contributed by atoms with van der Waals surface area (Å²) in [5, 5.41) is 7.92. The Balaban J connectivity index is 1.29. The van der Waals surface area contributed by atoms with E-state index in [-0.39, 0.29) is 12.1 Å². The summed E-state index contributed by atoms with van der Waals surface area (Å²) in [4.78, 5) is 2.51. The van der Waals surface area contributed by atoms with Gasteiger partial charge in [0.15, 0.2) is 0 Å². The van der Waals surface area contributed by atoms with Crippen molar-refractivity contribution in [2.45, 2.75) is 26.2 Å². The first-order valence-corrected chi connectivity index (χ1v) is 17.7. The van der Waals surface area contributed by atoms with Crippen molar-refractivity contribution in [2.75, 3.05) is 4.90 Å². The van der Waals surface area contributed by atoms with Crippen molar-refractivity contribution in [3.8, 4) is 5.69 Å². The van der Waals surface area contributed by atoms with Gasteiger partial charge in [0.05, 0.1) is 22.1 Å². The maximum Gasteiger partial charge on any atom is 0.252 e. The van der Waals surface area contributed by atoms with Crippen LogP contribution in [0.3, 0.4) is 0 Å². The van der Waals surface area contributed by atoms with Gasteiger partial charge in [-0.2, -0.15) is 0 Å². The van der Waals surface area contributed by atoms with Crippen LogP contribution >= 0.6 is 0 Å². The lowest BCUT2D eigenvalue weighted by Crippen LogP contribution is -2.60. The lowest BCUT2D eigenvalue weighted by molar-refractivity contribution is 0.590. The molecule has 0 amide bonds. The fourth-order valence-corrected chi connectivity index (χ4v) is 9.62. The number of aromatic nitrogens is 2. The van der Waals surface area contributed by atoms with Crippen molar-refractivity contribution >= 4 is 100 Å². The first kappa shape index (κ1) is 26.9. The molecule has 0 saturated heterocycles. The Morgan fingerprint density at radius 2 is 1.10 bits per heavy atom. The Bertz CT molecular complexity index is 3090. The van der Waals surface area contributed by atoms with Crippen molar-refractivity contribution in [2.24, 2.45) is 0 Å². The Morgan fingerprint density at radius 1 is 0.460 bits per heavy atom. The molecule has 0 aliphatic carbocycles. The van der Waals surface area contributed by atoms with Gasteiger partial charge in [-0.3, -0.25) is 0 Å². The number of rotatable bonds is 1. The van der Waals surface area contributed by atoms with Gasteiger partial charge in [0.1, 0.15) is 0 Å². The van der Waals surface area contributed by atoms with Crippen LogP contribution in [-0.4, -0.2) is 15.7 Å². The highest BCUT2D eigenvalue weighted by Gasteiger charge is 2.42. The molecule has 0 radical (unpaired) electrons. The second-order valence-electron chi connectivity index (χ2n) is 15.4. The average Bonchev–Trinajstić information content (AvgIpc) is 3.77. The molecule has 5 heterocycles. The molecule has 50 heavy (non-hydrogen) atoms. The third-order valence-electron chi connectivity index (χ3n) is 11.7. The van der Waals surface area contributed by atoms with Gasteiger partial charge in [-0.05, 0) is 75.9 Å². The van der Waals surface area contributed by atoms with Gasteiger partial charge in [0.2, 0.25) is 0 Å². The molecule has 7 aromatic carbocycles. The third-order valence-corrected chi connectivity index (χ3v) is 11.7. The van der Waals surface area contributed by atoms with Crippen LogP contribution < -0.4 is 21.3 Å². The smallest absolute Gasteiger partial charge is 0.252 e. The van der Waals surface area contributed by atoms with Gasteiger partial charge < -0.3 is 13.9 Å². The zero-order valence-electron chi connectivity index (χ0n) is 28.2. The number of nitrogens with zero attached hydrogens (tertiary/aromatic N) is 3. The molecule has 0 spiro atoms. The molecule has 2 aliphatic rings. The van der Waals surface area contributed by atoms with Crippen LogP contribution in [-0.2, 0) is 5.41 Å². The minimum atomic E-state index is -0.0437. The van der Waals surface area contributed by atoms with E-state index < -0.39 is 0 Å². The van der Waals surface area contributed by atoms with Crippen LogP contribution in [0.25, 0.3) is 65.6 Å². The standard InChI is InChI=1S/C46H32BN3/c1-46(2,3)27-23-41-43-42(24-27)50-40-26-39-33(31-17-11-16-30-29-15-7-9-21-37(29)49(39)44(30)31)25-34(40)32-18-12-20-36(45(32)50)47(43)35-19-8-10-22-38(35)48(41)28-13-5-4-6-14-28/h4-26H,1-3H3. The molecule has 0 saturated carbocycles. The molecule has 0 fully saturated rings. The molecule has 12 rings (SSSR count). The van der Waals surface area contributed by atoms with Gasteiger partial charge in [0.25, 0.3) is 6.71 Å². The van der Waals surface area contributed by atoms with E-state index in [1.807, 2.05) is 0 Å². The molecule has 0 bridgehead atoms. The molecule has 3 nitrogen and oxygen atoms in total. The Kier molecular flexibility index (Phi) is 4.82. The van der Waals surface area contributed by atoms with E-state index in [0.717, 1.165) is 0 Å². The van der Waals surface area contributed by atoms with Crippen LogP contribution in [0.1, 0.15) is 26.3 Å². The summed E-state index contributed by atoms with van der Waals surface area (Å²) in [6, 6.07) is 52.6. The minimum Gasteiger partial charge on any atom is -0.311 e. The molecule has 4 heteroatoms. The lowest BCUT2D eigenvalue weighted by atomic mass is 9.33. The summed E-state index contributed by atoms with van der Waals surface area (Å²) in [6.45, 7) is 7.16. The first-order chi connectivity index (χ1) is 24.5. The molecule has 0 atom stereocenters. The summed E-state index contributed by atoms with van der Waals surface area (Å²) < 4.78 is 5.13. The second-order valence-corrected chi connectivity index (χ2v) is 15.4. The van der Waals surface area contributed by atoms with Crippen LogP contribution in [0.4, 0.5) is 17.1 Å². The third kappa shape index (κ3) is 3.14. The van der Waals surface area contributed by atoms with Crippen LogP contribution in [0, 0.1) is 0 Å². The predicted octanol–water partition coefficient (Wildman–Crippen LogP) is 9.84. The van der Waals surface area contributed by atoms with Crippen molar-refractivity contribution in [3.63, 3.8) is 0 Å². The zero-order valence-corrected chi connectivity index (χ0v) is 28.2. The maximum absolute atomic E-state index is 2.62. The molecule has 234 valence electrons. The van der Waals surface area contributed by atoms with Crippen molar-refractivity contribution in [1.29, 1.82) is 0 Å². The highest BCUT2D eigenvalue weighted by atomic mass is 15.2.